The molecule has 5 rings (SSSR count). The predicted octanol–water partition coefficient (Wildman–Crippen LogP) is 1.04. The smallest absolute Gasteiger partial charge is 0.201 e. The molecule has 13 nitrogen and oxygen atoms in total. The van der Waals surface area contributed by atoms with Crippen molar-refractivity contribution in [3.63, 3.8) is 0 Å². The lowest BCUT2D eigenvalue weighted by Crippen LogP contribution is -2.61. The van der Waals surface area contributed by atoms with Crippen LogP contribution in [-0.2, 0) is 23.7 Å². The largest absolute Gasteiger partial charge is 0.507 e. The minimum atomic E-state index is -2.23. The third-order valence-electron chi connectivity index (χ3n) is 8.26. The lowest BCUT2D eigenvalue weighted by Gasteiger charge is -2.46. The molecule has 226 valence electrons. The highest BCUT2D eigenvalue weighted by Gasteiger charge is 2.56. The Kier molecular flexibility index (Phi) is 7.64. The number of hydrogen-bond donors (Lipinski definition) is 4. The van der Waals surface area contributed by atoms with Crippen LogP contribution in [0.5, 0.6) is 17.2 Å². The van der Waals surface area contributed by atoms with Crippen LogP contribution in [0.25, 0.3) is 0 Å². The number of ketones is 3. The lowest BCUT2D eigenvalue weighted by atomic mass is 9.72. The van der Waals surface area contributed by atoms with Gasteiger partial charge in [0.1, 0.15) is 47.8 Å². The fraction of sp³-hybridized carbons (Fsp3) is 0.483. The minimum absolute atomic E-state index is 0.112. The van der Waals surface area contributed by atoms with Crippen molar-refractivity contribution in [2.75, 3.05) is 28.4 Å². The lowest BCUT2D eigenvalue weighted by molar-refractivity contribution is -0.323. The Morgan fingerprint density at radius 2 is 1.50 bits per heavy atom. The molecule has 8 atom stereocenters. The second-order valence-electron chi connectivity index (χ2n) is 10.6. The molecule has 1 aliphatic heterocycles. The van der Waals surface area contributed by atoms with Gasteiger partial charge in [-0.3, -0.25) is 14.4 Å². The minimum Gasteiger partial charge on any atom is -0.507 e. The summed E-state index contributed by atoms with van der Waals surface area (Å²) in [6.45, 7) is 2.83. The van der Waals surface area contributed by atoms with Gasteiger partial charge in [-0.15, -0.1) is 0 Å². The van der Waals surface area contributed by atoms with Crippen molar-refractivity contribution < 1.29 is 63.2 Å². The summed E-state index contributed by atoms with van der Waals surface area (Å²) in [6, 6.07) is 3.53. The molecule has 1 fully saturated rings. The number of fused-ring (bicyclic) bond motifs is 3. The normalized spacial score (nSPS) is 32.3. The Bertz CT molecular complexity index is 1460. The average molecular weight is 589 g/mol. The fourth-order valence-corrected chi connectivity index (χ4v) is 6.14. The van der Waals surface area contributed by atoms with Gasteiger partial charge in [0.2, 0.25) is 5.78 Å². The van der Waals surface area contributed by atoms with E-state index in [4.69, 9.17) is 28.4 Å². The number of ether oxygens (including phenoxy) is 6. The van der Waals surface area contributed by atoms with Crippen LogP contribution in [-0.4, -0.2) is 109 Å². The molecule has 2 aromatic rings. The molecule has 13 heteroatoms. The molecule has 2 aliphatic carbocycles. The summed E-state index contributed by atoms with van der Waals surface area (Å²) < 4.78 is 33.5. The molecule has 4 N–H and O–H groups in total. The maximum atomic E-state index is 13.7. The van der Waals surface area contributed by atoms with Crippen LogP contribution in [0.15, 0.2) is 18.2 Å². The van der Waals surface area contributed by atoms with E-state index in [2.05, 4.69) is 0 Å². The first kappa shape index (κ1) is 30.0. The van der Waals surface area contributed by atoms with Crippen LogP contribution in [0.2, 0.25) is 0 Å². The first-order valence-electron chi connectivity index (χ1n) is 13.1. The maximum absolute atomic E-state index is 13.7. The van der Waals surface area contributed by atoms with Crippen molar-refractivity contribution in [2.24, 2.45) is 0 Å². The van der Waals surface area contributed by atoms with Crippen molar-refractivity contribution in [1.29, 1.82) is 0 Å². The molecule has 0 aromatic heterocycles. The van der Waals surface area contributed by atoms with Crippen molar-refractivity contribution >= 4 is 17.3 Å². The van der Waals surface area contributed by atoms with Gasteiger partial charge in [-0.1, -0.05) is 0 Å². The zero-order valence-corrected chi connectivity index (χ0v) is 23.7. The number of carbonyl (C=O) groups is 3. The SMILES string of the molecule is COc1cc(O)c2c(c1)C(=O)c1cc3c(c(O)c1C2=O)[C@H](O[C@@H]1O[C@H](C)[C@@H](OC)[C@@H](O)[C@@H]1OC)[C@@H](OC)[C@](C)(O)C3=O. The van der Waals surface area contributed by atoms with Crippen molar-refractivity contribution in [3.05, 3.63) is 51.6 Å². The molecule has 0 spiro atoms. The van der Waals surface area contributed by atoms with E-state index in [1.54, 1.807) is 6.92 Å². The number of Topliss-reactive ketones (excluding diaryl/α,β-unsaturated/α-hetero) is 1. The second-order valence-corrected chi connectivity index (χ2v) is 10.6. The van der Waals surface area contributed by atoms with Gasteiger partial charge in [0.15, 0.2) is 23.5 Å². The quantitative estimate of drug-likeness (QED) is 0.320. The Hall–Kier alpha value is -3.43. The monoisotopic (exact) mass is 588 g/mol. The van der Waals surface area contributed by atoms with E-state index in [9.17, 15) is 34.8 Å². The standard InChI is InChI=1S/C29H32O13/c1-10-23(38-4)22(34)25(39-5)28(41-10)42-24-18-14(26(35)29(2,36)27(24)40-6)9-13-17(21(18)33)20(32)16-12(19(13)31)7-11(37-3)8-15(16)30/h7-10,22-25,27-28,30,33-34,36H,1-6H3/t10-,22-,23-,24+,25+,27-,28+,29-/m1/s1. The van der Waals surface area contributed by atoms with E-state index >= 15 is 0 Å². The molecule has 0 amide bonds. The van der Waals surface area contributed by atoms with Gasteiger partial charge in [0, 0.05) is 49.6 Å². The number of rotatable bonds is 6. The van der Waals surface area contributed by atoms with Gasteiger partial charge in [0.25, 0.3) is 0 Å². The zero-order valence-electron chi connectivity index (χ0n) is 23.7. The predicted molar refractivity (Wildman–Crippen MR) is 141 cm³/mol. The van der Waals surface area contributed by atoms with E-state index < -0.39 is 82.9 Å². The van der Waals surface area contributed by atoms with Gasteiger partial charge in [-0.05, 0) is 26.0 Å². The fourth-order valence-electron chi connectivity index (χ4n) is 6.14. The van der Waals surface area contributed by atoms with Gasteiger partial charge < -0.3 is 48.8 Å². The molecule has 3 aliphatic rings. The maximum Gasteiger partial charge on any atom is 0.201 e. The molecule has 0 saturated carbocycles. The summed E-state index contributed by atoms with van der Waals surface area (Å²) in [5.41, 5.74) is -4.09. The average Bonchev–Trinajstić information content (AvgIpc) is 2.94. The summed E-state index contributed by atoms with van der Waals surface area (Å²) in [7, 11) is 5.25. The highest BCUT2D eigenvalue weighted by atomic mass is 16.7. The third kappa shape index (κ3) is 4.23. The van der Waals surface area contributed by atoms with Gasteiger partial charge in [-0.25, -0.2) is 0 Å². The first-order valence-corrected chi connectivity index (χ1v) is 13.1. The summed E-state index contributed by atoms with van der Waals surface area (Å²) in [5.74, 6) is -3.74. The highest BCUT2D eigenvalue weighted by Crippen LogP contribution is 2.49. The van der Waals surface area contributed by atoms with E-state index in [-0.39, 0.29) is 33.6 Å². The van der Waals surface area contributed by atoms with Gasteiger partial charge >= 0.3 is 0 Å². The molecule has 1 heterocycles. The van der Waals surface area contributed by atoms with Crippen LogP contribution in [0.1, 0.15) is 67.7 Å². The van der Waals surface area contributed by atoms with E-state index in [0.717, 1.165) is 12.1 Å². The number of methoxy groups -OCH3 is 4. The van der Waals surface area contributed by atoms with Crippen molar-refractivity contribution in [1.82, 2.24) is 0 Å². The number of aromatic hydroxyl groups is 2. The Labute approximate surface area is 240 Å². The summed E-state index contributed by atoms with van der Waals surface area (Å²) in [6.07, 6.45) is -8.04. The van der Waals surface area contributed by atoms with E-state index in [1.165, 1.54) is 41.4 Å². The summed E-state index contributed by atoms with van der Waals surface area (Å²) >= 11 is 0. The second kappa shape index (κ2) is 10.7. The molecular formula is C29H32O13. The number of phenols is 2. The molecule has 0 radical (unpaired) electrons. The van der Waals surface area contributed by atoms with E-state index in [0.29, 0.717) is 0 Å². The molecule has 0 unspecified atom stereocenters. The summed E-state index contributed by atoms with van der Waals surface area (Å²) in [5, 5.41) is 44.4. The topological polar surface area (TPSA) is 188 Å². The number of carbonyl (C=O) groups excluding carboxylic acids is 3. The number of aliphatic hydroxyl groups is 2. The molecular weight excluding hydrogens is 556 g/mol. The Balaban J connectivity index is 1.69. The van der Waals surface area contributed by atoms with Crippen LogP contribution in [0, 0.1) is 0 Å². The Morgan fingerprint density at radius 3 is 2.10 bits per heavy atom. The highest BCUT2D eigenvalue weighted by molar-refractivity contribution is 6.31. The molecule has 2 aromatic carbocycles. The molecule has 1 saturated heterocycles. The number of phenolic OH excluding ortho intramolecular Hbond substituents is 2. The zero-order chi connectivity index (χ0) is 30.8. The van der Waals surface area contributed by atoms with Crippen molar-refractivity contribution in [3.8, 4) is 17.2 Å². The third-order valence-corrected chi connectivity index (χ3v) is 8.26. The number of aliphatic hydroxyl groups excluding tert-OH is 1. The van der Waals surface area contributed by atoms with Crippen molar-refractivity contribution in [2.45, 2.75) is 62.4 Å². The van der Waals surface area contributed by atoms with Crippen LogP contribution >= 0.6 is 0 Å². The summed E-state index contributed by atoms with van der Waals surface area (Å²) in [4.78, 5) is 40.9. The number of hydrogen-bond acceptors (Lipinski definition) is 13. The molecule has 42 heavy (non-hydrogen) atoms. The molecule has 0 bridgehead atoms. The van der Waals surface area contributed by atoms with Gasteiger partial charge in [0.05, 0.1) is 24.3 Å². The first-order chi connectivity index (χ1) is 19.8. The van der Waals surface area contributed by atoms with Crippen LogP contribution < -0.4 is 4.74 Å². The number of benzene rings is 2. The van der Waals surface area contributed by atoms with Crippen LogP contribution in [0.4, 0.5) is 0 Å². The van der Waals surface area contributed by atoms with Gasteiger partial charge in [-0.2, -0.15) is 0 Å². The van der Waals surface area contributed by atoms with Crippen LogP contribution in [0.3, 0.4) is 0 Å². The Morgan fingerprint density at radius 1 is 0.857 bits per heavy atom. The van der Waals surface area contributed by atoms with E-state index in [1.807, 2.05) is 0 Å².